The van der Waals surface area contributed by atoms with E-state index in [4.69, 9.17) is 11.6 Å². The Morgan fingerprint density at radius 1 is 1.03 bits per heavy atom. The highest BCUT2D eigenvalue weighted by molar-refractivity contribution is 6.31. The number of hydrogen-bond acceptors (Lipinski definition) is 5. The summed E-state index contributed by atoms with van der Waals surface area (Å²) in [5, 5.41) is 19.8. The number of aromatic nitrogens is 4. The molecule has 8 heteroatoms. The second-order valence-corrected chi connectivity index (χ2v) is 7.33. The first-order valence-electron chi connectivity index (χ1n) is 9.63. The molecule has 0 radical (unpaired) electrons. The summed E-state index contributed by atoms with van der Waals surface area (Å²) < 4.78 is 1.69. The Hall–Kier alpha value is -3.45. The summed E-state index contributed by atoms with van der Waals surface area (Å²) in [6.45, 7) is 2.98. The lowest BCUT2D eigenvalue weighted by atomic mass is 10.1. The van der Waals surface area contributed by atoms with Gasteiger partial charge in [0.25, 0.3) is 5.91 Å². The van der Waals surface area contributed by atoms with Crippen LogP contribution in [-0.4, -0.2) is 32.3 Å². The third-order valence-corrected chi connectivity index (χ3v) is 5.06. The molecule has 7 nitrogen and oxygen atoms in total. The van der Waals surface area contributed by atoms with Crippen molar-refractivity contribution < 1.29 is 4.79 Å². The molecular weight excluding hydrogens is 400 g/mol. The molecule has 2 heterocycles. The molecule has 0 unspecified atom stereocenters. The molecule has 2 N–H and O–H groups in total. The maximum absolute atomic E-state index is 12.3. The van der Waals surface area contributed by atoms with Gasteiger partial charge in [-0.05, 0) is 42.8 Å². The Morgan fingerprint density at radius 3 is 2.63 bits per heavy atom. The van der Waals surface area contributed by atoms with Crippen molar-refractivity contribution in [2.75, 3.05) is 11.9 Å². The summed E-state index contributed by atoms with van der Waals surface area (Å²) in [6, 6.07) is 18.8. The zero-order chi connectivity index (χ0) is 20.9. The molecule has 4 aromatic rings. The van der Waals surface area contributed by atoms with E-state index in [1.54, 1.807) is 4.52 Å². The molecule has 1 amide bonds. The average molecular weight is 421 g/mol. The van der Waals surface area contributed by atoms with Crippen LogP contribution in [0.3, 0.4) is 0 Å². The second-order valence-electron chi connectivity index (χ2n) is 6.92. The predicted molar refractivity (Wildman–Crippen MR) is 117 cm³/mol. The van der Waals surface area contributed by atoms with E-state index in [0.717, 1.165) is 11.1 Å². The minimum absolute atomic E-state index is 0.112. The lowest BCUT2D eigenvalue weighted by molar-refractivity contribution is 0.0954. The standard InChI is InChI=1S/C22H21ClN6O/c1-15-6-8-16(9-7-15)22(30)24-13-12-21-27-26-20-11-10-19(28-29(20)21)25-14-17-4-2-3-5-18(17)23/h2-11H,12-14H2,1H3,(H,24,30)(H,25,28). The lowest BCUT2D eigenvalue weighted by Crippen LogP contribution is -2.26. The summed E-state index contributed by atoms with van der Waals surface area (Å²) >= 11 is 6.21. The fraction of sp³-hybridized carbons (Fsp3) is 0.182. The number of hydrogen-bond donors (Lipinski definition) is 2. The van der Waals surface area contributed by atoms with Gasteiger partial charge in [0.1, 0.15) is 5.82 Å². The molecule has 2 aromatic carbocycles. The molecule has 4 rings (SSSR count). The van der Waals surface area contributed by atoms with Gasteiger partial charge in [0.2, 0.25) is 0 Å². The molecule has 0 bridgehead atoms. The molecule has 152 valence electrons. The summed E-state index contributed by atoms with van der Waals surface area (Å²) in [5.41, 5.74) is 3.39. The fourth-order valence-electron chi connectivity index (χ4n) is 3.01. The zero-order valence-corrected chi connectivity index (χ0v) is 17.2. The van der Waals surface area contributed by atoms with Crippen molar-refractivity contribution >= 4 is 29.0 Å². The van der Waals surface area contributed by atoms with Crippen LogP contribution in [0.2, 0.25) is 5.02 Å². The van der Waals surface area contributed by atoms with Crippen molar-refractivity contribution in [2.45, 2.75) is 19.9 Å². The molecule has 0 spiro atoms. The van der Waals surface area contributed by atoms with E-state index >= 15 is 0 Å². The number of aryl methyl sites for hydroxylation is 1. The lowest BCUT2D eigenvalue weighted by Gasteiger charge is -2.08. The highest BCUT2D eigenvalue weighted by Gasteiger charge is 2.10. The van der Waals surface area contributed by atoms with Gasteiger partial charge in [-0.3, -0.25) is 4.79 Å². The molecule has 30 heavy (non-hydrogen) atoms. The molecule has 0 saturated carbocycles. The third-order valence-electron chi connectivity index (χ3n) is 4.69. The third kappa shape index (κ3) is 4.58. The van der Waals surface area contributed by atoms with Crippen LogP contribution in [-0.2, 0) is 13.0 Å². The van der Waals surface area contributed by atoms with Gasteiger partial charge in [-0.15, -0.1) is 15.3 Å². The van der Waals surface area contributed by atoms with E-state index in [1.807, 2.05) is 67.6 Å². The van der Waals surface area contributed by atoms with Crippen LogP contribution in [0.1, 0.15) is 27.3 Å². The van der Waals surface area contributed by atoms with Crippen molar-refractivity contribution in [1.82, 2.24) is 25.1 Å². The number of amides is 1. The van der Waals surface area contributed by atoms with Gasteiger partial charge in [-0.25, -0.2) is 0 Å². The smallest absolute Gasteiger partial charge is 0.251 e. The Kier molecular flexibility index (Phi) is 5.90. The minimum atomic E-state index is -0.112. The number of carbonyl (C=O) groups excluding carboxylic acids is 1. The Morgan fingerprint density at radius 2 is 1.83 bits per heavy atom. The number of fused-ring (bicyclic) bond motifs is 1. The van der Waals surface area contributed by atoms with Crippen LogP contribution in [0.5, 0.6) is 0 Å². The van der Waals surface area contributed by atoms with E-state index in [1.165, 1.54) is 0 Å². The zero-order valence-electron chi connectivity index (χ0n) is 16.5. The van der Waals surface area contributed by atoms with Crippen LogP contribution in [0.4, 0.5) is 5.82 Å². The van der Waals surface area contributed by atoms with Crippen molar-refractivity contribution in [3.8, 4) is 0 Å². The Balaban J connectivity index is 1.39. The minimum Gasteiger partial charge on any atom is -0.364 e. The van der Waals surface area contributed by atoms with Crippen LogP contribution in [0, 0.1) is 6.92 Å². The highest BCUT2D eigenvalue weighted by atomic mass is 35.5. The summed E-state index contributed by atoms with van der Waals surface area (Å²) in [5.74, 6) is 1.25. The molecule has 0 aliphatic rings. The van der Waals surface area contributed by atoms with Crippen LogP contribution < -0.4 is 10.6 Å². The van der Waals surface area contributed by atoms with Gasteiger partial charge >= 0.3 is 0 Å². The van der Waals surface area contributed by atoms with Crippen molar-refractivity contribution in [2.24, 2.45) is 0 Å². The summed E-state index contributed by atoms with van der Waals surface area (Å²) in [7, 11) is 0. The average Bonchev–Trinajstić information content (AvgIpc) is 3.16. The van der Waals surface area contributed by atoms with E-state index in [-0.39, 0.29) is 5.91 Å². The number of nitrogens with zero attached hydrogens (tertiary/aromatic N) is 4. The SMILES string of the molecule is Cc1ccc(C(=O)NCCc2nnc3ccc(NCc4ccccc4Cl)nn23)cc1. The van der Waals surface area contributed by atoms with E-state index in [9.17, 15) is 4.79 Å². The Labute approximate surface area is 179 Å². The highest BCUT2D eigenvalue weighted by Crippen LogP contribution is 2.16. The number of carbonyl (C=O) groups is 1. The molecular formula is C22H21ClN6O. The first-order valence-corrected chi connectivity index (χ1v) is 10.0. The van der Waals surface area contributed by atoms with Gasteiger partial charge in [0, 0.05) is 30.1 Å². The van der Waals surface area contributed by atoms with Gasteiger partial charge < -0.3 is 10.6 Å². The second kappa shape index (κ2) is 8.92. The van der Waals surface area contributed by atoms with Crippen LogP contribution >= 0.6 is 11.6 Å². The van der Waals surface area contributed by atoms with Crippen LogP contribution in [0.25, 0.3) is 5.65 Å². The number of benzene rings is 2. The monoisotopic (exact) mass is 420 g/mol. The quantitative estimate of drug-likeness (QED) is 0.476. The molecule has 2 aromatic heterocycles. The van der Waals surface area contributed by atoms with Gasteiger partial charge in [0.05, 0.1) is 0 Å². The number of rotatable bonds is 7. The fourth-order valence-corrected chi connectivity index (χ4v) is 3.21. The summed E-state index contributed by atoms with van der Waals surface area (Å²) in [6.07, 6.45) is 0.514. The number of nitrogens with one attached hydrogen (secondary N) is 2. The van der Waals surface area contributed by atoms with Crippen LogP contribution in [0.15, 0.2) is 60.7 Å². The summed E-state index contributed by atoms with van der Waals surface area (Å²) in [4.78, 5) is 12.3. The molecule has 0 atom stereocenters. The molecule has 0 aliphatic heterocycles. The maximum Gasteiger partial charge on any atom is 0.251 e. The van der Waals surface area contributed by atoms with Gasteiger partial charge in [-0.2, -0.15) is 4.52 Å². The number of halogens is 1. The van der Waals surface area contributed by atoms with Crippen molar-refractivity contribution in [3.05, 3.63) is 88.2 Å². The normalized spacial score (nSPS) is 10.9. The largest absolute Gasteiger partial charge is 0.364 e. The van der Waals surface area contributed by atoms with E-state index in [2.05, 4.69) is 25.9 Å². The molecule has 0 saturated heterocycles. The van der Waals surface area contributed by atoms with Gasteiger partial charge in [-0.1, -0.05) is 47.5 Å². The molecule has 0 fully saturated rings. The van der Waals surface area contributed by atoms with Gasteiger partial charge in [0.15, 0.2) is 11.5 Å². The van der Waals surface area contributed by atoms with E-state index in [0.29, 0.717) is 47.4 Å². The molecule has 0 aliphatic carbocycles. The van der Waals surface area contributed by atoms with Crippen molar-refractivity contribution in [1.29, 1.82) is 0 Å². The topological polar surface area (TPSA) is 84.2 Å². The predicted octanol–water partition coefficient (Wildman–Crippen LogP) is 3.67. The Bertz CT molecular complexity index is 1170. The van der Waals surface area contributed by atoms with Crippen molar-refractivity contribution in [3.63, 3.8) is 0 Å². The number of anilines is 1. The first kappa shape index (κ1) is 19.8. The maximum atomic E-state index is 12.3. The van der Waals surface area contributed by atoms with E-state index < -0.39 is 0 Å². The first-order chi connectivity index (χ1) is 14.6.